The van der Waals surface area contributed by atoms with Gasteiger partial charge in [-0.3, -0.25) is 0 Å². The largest absolute Gasteiger partial charge is 0.392 e. The van der Waals surface area contributed by atoms with Crippen LogP contribution in [0.3, 0.4) is 0 Å². The van der Waals surface area contributed by atoms with Gasteiger partial charge in [-0.1, -0.05) is 6.07 Å². The van der Waals surface area contributed by atoms with Crippen LogP contribution in [0.1, 0.15) is 5.56 Å². The van der Waals surface area contributed by atoms with E-state index >= 15 is 0 Å². The molecule has 0 unspecified atom stereocenters. The van der Waals surface area contributed by atoms with Crippen LogP contribution in [0.5, 0.6) is 0 Å². The maximum atomic E-state index is 8.91. The summed E-state index contributed by atoms with van der Waals surface area (Å²) in [6.07, 6.45) is 0. The number of aliphatic hydroxyl groups excluding tert-OH is 1. The van der Waals surface area contributed by atoms with Gasteiger partial charge < -0.3 is 5.11 Å². The highest BCUT2D eigenvalue weighted by atomic mass is 79.9. The summed E-state index contributed by atoms with van der Waals surface area (Å²) in [6, 6.07) is 6.00. The molecule has 0 aliphatic carbocycles. The fraction of sp³-hybridized carbons (Fsp3) is 0.111. The second kappa shape index (κ2) is 3.17. The molecule has 12 heavy (non-hydrogen) atoms. The molecule has 1 nitrogen and oxygen atoms in total. The first-order chi connectivity index (χ1) is 5.81. The third-order valence-corrected chi connectivity index (χ3v) is 3.70. The minimum absolute atomic E-state index is 0.109. The van der Waals surface area contributed by atoms with Gasteiger partial charge in [0.15, 0.2) is 0 Å². The SMILES string of the molecule is OCc1ccc2scc(Br)c2c1. The lowest BCUT2D eigenvalue weighted by Gasteiger charge is -1.95. The number of rotatable bonds is 1. The quantitative estimate of drug-likeness (QED) is 0.815. The predicted octanol–water partition coefficient (Wildman–Crippen LogP) is 3.16. The molecule has 0 saturated heterocycles. The first kappa shape index (κ1) is 8.23. The van der Waals surface area contributed by atoms with Gasteiger partial charge >= 0.3 is 0 Å². The third kappa shape index (κ3) is 1.28. The average Bonchev–Trinajstić information content (AvgIpc) is 2.47. The highest BCUT2D eigenvalue weighted by Gasteiger charge is 2.01. The Morgan fingerprint density at radius 1 is 1.42 bits per heavy atom. The Bertz CT molecular complexity index is 408. The van der Waals surface area contributed by atoms with Crippen molar-refractivity contribution in [2.75, 3.05) is 0 Å². The van der Waals surface area contributed by atoms with E-state index in [1.807, 2.05) is 18.2 Å². The zero-order valence-corrected chi connectivity index (χ0v) is 8.65. The van der Waals surface area contributed by atoms with E-state index in [1.165, 1.54) is 10.1 Å². The Morgan fingerprint density at radius 2 is 2.25 bits per heavy atom. The van der Waals surface area contributed by atoms with E-state index in [9.17, 15) is 0 Å². The predicted molar refractivity (Wildman–Crippen MR) is 55.4 cm³/mol. The van der Waals surface area contributed by atoms with Crippen LogP contribution in [0.25, 0.3) is 10.1 Å². The number of fused-ring (bicyclic) bond motifs is 1. The van der Waals surface area contributed by atoms with E-state index in [2.05, 4.69) is 21.3 Å². The molecule has 0 spiro atoms. The number of hydrogen-bond donors (Lipinski definition) is 1. The van der Waals surface area contributed by atoms with Crippen molar-refractivity contribution in [3.05, 3.63) is 33.6 Å². The normalized spacial score (nSPS) is 10.8. The van der Waals surface area contributed by atoms with Crippen molar-refractivity contribution >= 4 is 37.4 Å². The second-order valence-corrected chi connectivity index (χ2v) is 4.34. The summed E-state index contributed by atoms with van der Waals surface area (Å²) < 4.78 is 2.36. The summed E-state index contributed by atoms with van der Waals surface area (Å²) in [4.78, 5) is 0. The van der Waals surface area contributed by atoms with Crippen molar-refractivity contribution in [3.63, 3.8) is 0 Å². The van der Waals surface area contributed by atoms with E-state index in [4.69, 9.17) is 5.11 Å². The molecule has 2 aromatic rings. The molecule has 3 heteroatoms. The number of benzene rings is 1. The lowest BCUT2D eigenvalue weighted by atomic mass is 10.2. The van der Waals surface area contributed by atoms with Crippen LogP contribution in [0.4, 0.5) is 0 Å². The standard InChI is InChI=1S/C9H7BrOS/c10-8-5-12-9-2-1-6(4-11)3-7(8)9/h1-3,5,11H,4H2. The van der Waals surface area contributed by atoms with Crippen molar-refractivity contribution in [3.8, 4) is 0 Å². The average molecular weight is 243 g/mol. The Hall–Kier alpha value is -0.380. The van der Waals surface area contributed by atoms with Crippen LogP contribution >= 0.6 is 27.3 Å². The number of halogens is 1. The number of hydrogen-bond acceptors (Lipinski definition) is 2. The third-order valence-electron chi connectivity index (χ3n) is 1.77. The lowest BCUT2D eigenvalue weighted by molar-refractivity contribution is 0.282. The molecule has 1 aromatic heterocycles. The number of thiophene rings is 1. The zero-order valence-electron chi connectivity index (χ0n) is 6.25. The summed E-state index contributed by atoms with van der Waals surface area (Å²) in [5.74, 6) is 0. The van der Waals surface area contributed by atoms with Crippen molar-refractivity contribution in [1.29, 1.82) is 0 Å². The molecule has 0 atom stereocenters. The zero-order chi connectivity index (χ0) is 8.55. The van der Waals surface area contributed by atoms with Crippen molar-refractivity contribution < 1.29 is 5.11 Å². The van der Waals surface area contributed by atoms with E-state index in [1.54, 1.807) is 11.3 Å². The van der Waals surface area contributed by atoms with Crippen LogP contribution in [0.2, 0.25) is 0 Å². The van der Waals surface area contributed by atoms with Gasteiger partial charge in [0.1, 0.15) is 0 Å². The fourth-order valence-electron chi connectivity index (χ4n) is 1.14. The molecule has 0 saturated carbocycles. The van der Waals surface area contributed by atoms with Crippen LogP contribution in [0.15, 0.2) is 28.1 Å². The Labute approximate surface area is 82.8 Å². The van der Waals surface area contributed by atoms with Gasteiger partial charge in [0, 0.05) is 19.9 Å². The fourth-order valence-corrected chi connectivity index (χ4v) is 2.68. The van der Waals surface area contributed by atoms with E-state index in [0.29, 0.717) is 0 Å². The Kier molecular flexibility index (Phi) is 2.17. The van der Waals surface area contributed by atoms with Gasteiger partial charge in [0.05, 0.1) is 6.61 Å². The highest BCUT2D eigenvalue weighted by molar-refractivity contribution is 9.10. The lowest BCUT2D eigenvalue weighted by Crippen LogP contribution is -1.80. The molecule has 62 valence electrons. The van der Waals surface area contributed by atoms with E-state index in [-0.39, 0.29) is 6.61 Å². The van der Waals surface area contributed by atoms with Gasteiger partial charge in [0.25, 0.3) is 0 Å². The monoisotopic (exact) mass is 242 g/mol. The molecule has 0 amide bonds. The van der Waals surface area contributed by atoms with Crippen LogP contribution in [-0.2, 0) is 6.61 Å². The molecule has 1 heterocycles. The smallest absolute Gasteiger partial charge is 0.0682 e. The molecular weight excluding hydrogens is 236 g/mol. The minimum atomic E-state index is 0.109. The van der Waals surface area contributed by atoms with Gasteiger partial charge in [-0.05, 0) is 33.6 Å². The number of aliphatic hydroxyl groups is 1. The minimum Gasteiger partial charge on any atom is -0.392 e. The maximum Gasteiger partial charge on any atom is 0.0682 e. The van der Waals surface area contributed by atoms with Crippen LogP contribution in [-0.4, -0.2) is 5.11 Å². The molecule has 1 aromatic carbocycles. The molecule has 2 rings (SSSR count). The molecule has 1 N–H and O–H groups in total. The van der Waals surface area contributed by atoms with Gasteiger partial charge in [-0.2, -0.15) is 0 Å². The first-order valence-electron chi connectivity index (χ1n) is 3.58. The molecule has 0 aliphatic rings. The van der Waals surface area contributed by atoms with Crippen LogP contribution < -0.4 is 0 Å². The van der Waals surface area contributed by atoms with Gasteiger partial charge in [-0.15, -0.1) is 11.3 Å². The molecule has 0 radical (unpaired) electrons. The topological polar surface area (TPSA) is 20.2 Å². The summed E-state index contributed by atoms with van der Waals surface area (Å²) in [7, 11) is 0. The second-order valence-electron chi connectivity index (χ2n) is 2.57. The molecule has 0 bridgehead atoms. The molecule has 0 aliphatic heterocycles. The van der Waals surface area contributed by atoms with Crippen molar-refractivity contribution in [1.82, 2.24) is 0 Å². The van der Waals surface area contributed by atoms with E-state index in [0.717, 1.165) is 10.0 Å². The van der Waals surface area contributed by atoms with Crippen LogP contribution in [0, 0.1) is 0 Å². The van der Waals surface area contributed by atoms with E-state index < -0.39 is 0 Å². The summed E-state index contributed by atoms with van der Waals surface area (Å²) in [5.41, 5.74) is 0.960. The Morgan fingerprint density at radius 3 is 3.00 bits per heavy atom. The summed E-state index contributed by atoms with van der Waals surface area (Å²) >= 11 is 5.16. The summed E-state index contributed by atoms with van der Waals surface area (Å²) in [6.45, 7) is 0.109. The van der Waals surface area contributed by atoms with Gasteiger partial charge in [0.2, 0.25) is 0 Å². The summed E-state index contributed by atoms with van der Waals surface area (Å²) in [5, 5.41) is 12.2. The Balaban J connectivity index is 2.71. The highest BCUT2D eigenvalue weighted by Crippen LogP contribution is 2.30. The van der Waals surface area contributed by atoms with Crippen molar-refractivity contribution in [2.45, 2.75) is 6.61 Å². The molecular formula is C9H7BrOS. The van der Waals surface area contributed by atoms with Crippen molar-refractivity contribution in [2.24, 2.45) is 0 Å². The molecule has 0 fully saturated rings. The first-order valence-corrected chi connectivity index (χ1v) is 5.25. The maximum absolute atomic E-state index is 8.91. The van der Waals surface area contributed by atoms with Gasteiger partial charge in [-0.25, -0.2) is 0 Å².